The Morgan fingerprint density at radius 2 is 2.27 bits per heavy atom. The molecule has 0 aromatic heterocycles. The van der Waals surface area contributed by atoms with Gasteiger partial charge in [0, 0.05) is 12.6 Å². The first-order valence-corrected chi connectivity index (χ1v) is 5.84. The highest BCUT2D eigenvalue weighted by Crippen LogP contribution is 2.34. The Hall–Kier alpha value is -0.570. The number of hydrogen-bond donors (Lipinski definition) is 1. The van der Waals surface area contributed by atoms with E-state index in [0.29, 0.717) is 17.9 Å². The minimum atomic E-state index is -0.127. The zero-order chi connectivity index (χ0) is 11.3. The Morgan fingerprint density at radius 1 is 1.53 bits per heavy atom. The molecule has 0 aromatic rings. The van der Waals surface area contributed by atoms with Gasteiger partial charge in [-0.3, -0.25) is 4.79 Å². The lowest BCUT2D eigenvalue weighted by Gasteiger charge is -2.35. The Labute approximate surface area is 92.6 Å². The highest BCUT2D eigenvalue weighted by molar-refractivity contribution is 5.69. The molecular weight excluding hydrogens is 190 g/mol. The number of rotatable bonds is 4. The number of nitrogens with one attached hydrogen (secondary N) is 1. The van der Waals surface area contributed by atoms with Crippen LogP contribution in [0.1, 0.15) is 46.0 Å². The second-order valence-electron chi connectivity index (χ2n) is 5.24. The molecule has 0 spiro atoms. The summed E-state index contributed by atoms with van der Waals surface area (Å²) in [6, 6.07) is 0.582. The van der Waals surface area contributed by atoms with Crippen LogP contribution in [0.5, 0.6) is 0 Å². The van der Waals surface area contributed by atoms with E-state index in [4.69, 9.17) is 0 Å². The van der Waals surface area contributed by atoms with Gasteiger partial charge in [0.15, 0.2) is 0 Å². The van der Waals surface area contributed by atoms with Crippen molar-refractivity contribution in [3.8, 4) is 0 Å². The van der Waals surface area contributed by atoms with E-state index in [9.17, 15) is 4.79 Å². The maximum absolute atomic E-state index is 10.9. The van der Waals surface area contributed by atoms with Gasteiger partial charge in [0.05, 0.1) is 13.5 Å². The van der Waals surface area contributed by atoms with Gasteiger partial charge in [0.2, 0.25) is 0 Å². The zero-order valence-corrected chi connectivity index (χ0v) is 10.1. The molecule has 0 saturated heterocycles. The molecular formula is C12H23NO2. The number of ether oxygens (including phenoxy) is 1. The summed E-state index contributed by atoms with van der Waals surface area (Å²) in [5, 5.41) is 3.44. The van der Waals surface area contributed by atoms with Gasteiger partial charge < -0.3 is 10.1 Å². The Bertz CT molecular complexity index is 214. The molecule has 0 bridgehead atoms. The molecule has 3 heteroatoms. The maximum Gasteiger partial charge on any atom is 0.306 e. The highest BCUT2D eigenvalue weighted by Gasteiger charge is 2.27. The molecule has 0 heterocycles. The van der Waals surface area contributed by atoms with Gasteiger partial charge in [-0.05, 0) is 24.7 Å². The predicted molar refractivity (Wildman–Crippen MR) is 60.7 cm³/mol. The SMILES string of the molecule is COC(=O)CCNC1CCCC(C)(C)C1. The normalized spacial score (nSPS) is 24.9. The van der Waals surface area contributed by atoms with Crippen LogP contribution >= 0.6 is 0 Å². The van der Waals surface area contributed by atoms with E-state index < -0.39 is 0 Å². The Balaban J connectivity index is 2.18. The average Bonchev–Trinajstić information content (AvgIpc) is 2.16. The molecule has 1 aliphatic carbocycles. The van der Waals surface area contributed by atoms with E-state index >= 15 is 0 Å². The summed E-state index contributed by atoms with van der Waals surface area (Å²) < 4.78 is 4.60. The van der Waals surface area contributed by atoms with E-state index in [2.05, 4.69) is 23.9 Å². The average molecular weight is 213 g/mol. The Kier molecular flexibility index (Phi) is 4.58. The molecule has 1 atom stereocenters. The third kappa shape index (κ3) is 4.65. The van der Waals surface area contributed by atoms with Gasteiger partial charge in [-0.2, -0.15) is 0 Å². The molecule has 1 N–H and O–H groups in total. The third-order valence-electron chi connectivity index (χ3n) is 3.19. The first kappa shape index (κ1) is 12.5. The van der Waals surface area contributed by atoms with Crippen molar-refractivity contribution in [2.75, 3.05) is 13.7 Å². The summed E-state index contributed by atoms with van der Waals surface area (Å²) >= 11 is 0. The van der Waals surface area contributed by atoms with E-state index in [1.165, 1.54) is 32.8 Å². The van der Waals surface area contributed by atoms with Gasteiger partial charge in [-0.15, -0.1) is 0 Å². The molecule has 1 fully saturated rings. The molecule has 3 nitrogen and oxygen atoms in total. The van der Waals surface area contributed by atoms with E-state index in [-0.39, 0.29) is 5.97 Å². The van der Waals surface area contributed by atoms with Crippen molar-refractivity contribution in [1.82, 2.24) is 5.32 Å². The fourth-order valence-electron chi connectivity index (χ4n) is 2.35. The first-order valence-electron chi connectivity index (χ1n) is 5.84. The zero-order valence-electron chi connectivity index (χ0n) is 10.1. The van der Waals surface area contributed by atoms with Gasteiger partial charge in [-0.25, -0.2) is 0 Å². The van der Waals surface area contributed by atoms with Gasteiger partial charge in [0.1, 0.15) is 0 Å². The van der Waals surface area contributed by atoms with Crippen LogP contribution in [-0.2, 0) is 9.53 Å². The second-order valence-corrected chi connectivity index (χ2v) is 5.24. The predicted octanol–water partition coefficient (Wildman–Crippen LogP) is 2.11. The quantitative estimate of drug-likeness (QED) is 0.727. The van der Waals surface area contributed by atoms with E-state index in [0.717, 1.165) is 6.54 Å². The van der Waals surface area contributed by atoms with Crippen LogP contribution in [0.2, 0.25) is 0 Å². The van der Waals surface area contributed by atoms with Crippen molar-refractivity contribution in [3.63, 3.8) is 0 Å². The summed E-state index contributed by atoms with van der Waals surface area (Å²) in [6.07, 6.45) is 5.55. The molecule has 0 radical (unpaired) electrons. The molecule has 1 saturated carbocycles. The van der Waals surface area contributed by atoms with Crippen molar-refractivity contribution in [1.29, 1.82) is 0 Å². The molecule has 0 amide bonds. The minimum absolute atomic E-state index is 0.127. The van der Waals surface area contributed by atoms with Crippen LogP contribution < -0.4 is 5.32 Å². The Morgan fingerprint density at radius 3 is 2.87 bits per heavy atom. The molecule has 0 aromatic carbocycles. The number of methoxy groups -OCH3 is 1. The van der Waals surface area contributed by atoms with Gasteiger partial charge >= 0.3 is 5.97 Å². The summed E-state index contributed by atoms with van der Waals surface area (Å²) in [4.78, 5) is 10.9. The fourth-order valence-corrected chi connectivity index (χ4v) is 2.35. The van der Waals surface area contributed by atoms with Crippen LogP contribution in [0.25, 0.3) is 0 Å². The fraction of sp³-hybridized carbons (Fsp3) is 0.917. The number of carbonyl (C=O) groups excluding carboxylic acids is 1. The molecule has 15 heavy (non-hydrogen) atoms. The smallest absolute Gasteiger partial charge is 0.306 e. The van der Waals surface area contributed by atoms with Gasteiger partial charge in [-0.1, -0.05) is 20.3 Å². The monoisotopic (exact) mass is 213 g/mol. The van der Waals surface area contributed by atoms with E-state index in [1.807, 2.05) is 0 Å². The van der Waals surface area contributed by atoms with Crippen LogP contribution in [-0.4, -0.2) is 25.7 Å². The third-order valence-corrected chi connectivity index (χ3v) is 3.19. The van der Waals surface area contributed by atoms with Crippen LogP contribution in [0.3, 0.4) is 0 Å². The minimum Gasteiger partial charge on any atom is -0.469 e. The van der Waals surface area contributed by atoms with Crippen LogP contribution in [0, 0.1) is 5.41 Å². The van der Waals surface area contributed by atoms with Crippen molar-refractivity contribution in [2.24, 2.45) is 5.41 Å². The number of carbonyl (C=O) groups is 1. The lowest BCUT2D eigenvalue weighted by molar-refractivity contribution is -0.140. The maximum atomic E-state index is 10.9. The molecule has 0 aliphatic heterocycles. The standard InChI is InChI=1S/C12H23NO2/c1-12(2)7-4-5-10(9-12)13-8-6-11(14)15-3/h10,13H,4-9H2,1-3H3. The highest BCUT2D eigenvalue weighted by atomic mass is 16.5. The van der Waals surface area contributed by atoms with Gasteiger partial charge in [0.25, 0.3) is 0 Å². The lowest BCUT2D eigenvalue weighted by Crippen LogP contribution is -2.38. The molecule has 1 rings (SSSR count). The van der Waals surface area contributed by atoms with Crippen molar-refractivity contribution in [3.05, 3.63) is 0 Å². The number of esters is 1. The summed E-state index contributed by atoms with van der Waals surface area (Å²) in [7, 11) is 1.44. The summed E-state index contributed by atoms with van der Waals surface area (Å²) in [5.74, 6) is -0.127. The van der Waals surface area contributed by atoms with Crippen molar-refractivity contribution >= 4 is 5.97 Å². The summed E-state index contributed by atoms with van der Waals surface area (Å²) in [5.41, 5.74) is 0.460. The van der Waals surface area contributed by atoms with Crippen molar-refractivity contribution in [2.45, 2.75) is 52.0 Å². The van der Waals surface area contributed by atoms with Crippen LogP contribution in [0.4, 0.5) is 0 Å². The van der Waals surface area contributed by atoms with E-state index in [1.54, 1.807) is 0 Å². The van der Waals surface area contributed by atoms with Crippen molar-refractivity contribution < 1.29 is 9.53 Å². The lowest BCUT2D eigenvalue weighted by atomic mass is 9.75. The second kappa shape index (κ2) is 5.50. The largest absolute Gasteiger partial charge is 0.469 e. The summed E-state index contributed by atoms with van der Waals surface area (Å²) in [6.45, 7) is 5.38. The van der Waals surface area contributed by atoms with Crippen LogP contribution in [0.15, 0.2) is 0 Å². The molecule has 1 aliphatic rings. The first-order chi connectivity index (χ1) is 7.03. The number of hydrogen-bond acceptors (Lipinski definition) is 3. The molecule has 1 unspecified atom stereocenters. The molecule has 88 valence electrons. The topological polar surface area (TPSA) is 38.3 Å².